The van der Waals surface area contributed by atoms with Gasteiger partial charge in [-0.1, -0.05) is 0 Å². The summed E-state index contributed by atoms with van der Waals surface area (Å²) in [5, 5.41) is 13.3. The molecule has 0 spiro atoms. The van der Waals surface area contributed by atoms with Gasteiger partial charge in [-0.15, -0.1) is 0 Å². The Balaban J connectivity index is 1.50. The predicted octanol–water partition coefficient (Wildman–Crippen LogP) is 3.26. The molecule has 8 nitrogen and oxygen atoms in total. The quantitative estimate of drug-likeness (QED) is 0.327. The highest BCUT2D eigenvalue weighted by molar-refractivity contribution is 5.87. The number of nitrogens with one attached hydrogen (secondary N) is 3. The van der Waals surface area contributed by atoms with E-state index in [-0.39, 0.29) is 24.3 Å². The topological polar surface area (TPSA) is 126 Å². The van der Waals surface area contributed by atoms with Crippen molar-refractivity contribution in [2.75, 3.05) is 17.7 Å². The van der Waals surface area contributed by atoms with Gasteiger partial charge in [0.1, 0.15) is 17.4 Å². The Kier molecular flexibility index (Phi) is 5.74. The summed E-state index contributed by atoms with van der Waals surface area (Å²) in [6.45, 7) is -0.186. The van der Waals surface area contributed by atoms with Gasteiger partial charge in [0.15, 0.2) is 12.4 Å². The predicted molar refractivity (Wildman–Crippen MR) is 116 cm³/mol. The van der Waals surface area contributed by atoms with E-state index in [1.807, 2.05) is 0 Å². The van der Waals surface area contributed by atoms with Crippen molar-refractivity contribution in [1.29, 1.82) is 5.41 Å². The number of ether oxygens (including phenoxy) is 1. The van der Waals surface area contributed by atoms with E-state index in [1.165, 1.54) is 18.3 Å². The number of hydrogen-bond acceptors (Lipinski definition) is 7. The second-order valence-electron chi connectivity index (χ2n) is 7.18. The molecule has 1 aliphatic carbocycles. The van der Waals surface area contributed by atoms with Crippen LogP contribution in [0.4, 0.5) is 21.6 Å². The third-order valence-corrected chi connectivity index (χ3v) is 4.61. The Labute approximate surface area is 178 Å². The molecule has 1 fully saturated rings. The van der Waals surface area contributed by atoms with Crippen LogP contribution in [0.15, 0.2) is 48.7 Å². The zero-order chi connectivity index (χ0) is 21.8. The van der Waals surface area contributed by atoms with Crippen LogP contribution in [-0.4, -0.2) is 34.7 Å². The number of anilines is 3. The van der Waals surface area contributed by atoms with E-state index in [0.29, 0.717) is 34.1 Å². The average molecular weight is 420 g/mol. The number of benzene rings is 2. The highest BCUT2D eigenvalue weighted by Gasteiger charge is 2.23. The number of nitrogens with zero attached hydrogens (tertiary/aromatic N) is 2. The van der Waals surface area contributed by atoms with Crippen molar-refractivity contribution < 1.29 is 13.9 Å². The maximum atomic E-state index is 14.1. The number of amides is 1. The summed E-state index contributed by atoms with van der Waals surface area (Å²) in [5.41, 5.74) is 8.01. The minimum Gasteiger partial charge on any atom is -0.484 e. The van der Waals surface area contributed by atoms with Crippen LogP contribution in [0.1, 0.15) is 18.4 Å². The number of nitrogen functional groups attached to an aromatic ring is 1. The van der Waals surface area contributed by atoms with Crippen LogP contribution < -0.4 is 21.1 Å². The average Bonchev–Trinajstić information content (AvgIpc) is 3.57. The van der Waals surface area contributed by atoms with Gasteiger partial charge >= 0.3 is 0 Å². The zero-order valence-corrected chi connectivity index (χ0v) is 16.6. The summed E-state index contributed by atoms with van der Waals surface area (Å²) in [7, 11) is 0. The van der Waals surface area contributed by atoms with Crippen molar-refractivity contribution in [2.45, 2.75) is 18.9 Å². The Morgan fingerprint density at radius 3 is 2.87 bits per heavy atom. The molecule has 4 rings (SSSR count). The molecule has 0 aliphatic heterocycles. The number of nitrogens with two attached hydrogens (primary N) is 1. The molecule has 158 valence electrons. The van der Waals surface area contributed by atoms with Gasteiger partial charge in [-0.3, -0.25) is 4.79 Å². The van der Waals surface area contributed by atoms with E-state index in [1.54, 1.807) is 36.5 Å². The lowest BCUT2D eigenvalue weighted by Crippen LogP contribution is -2.30. The molecule has 0 radical (unpaired) electrons. The Bertz CT molecular complexity index is 1130. The maximum Gasteiger partial charge on any atom is 0.258 e. The monoisotopic (exact) mass is 420 g/mol. The fourth-order valence-electron chi connectivity index (χ4n) is 2.91. The molecule has 0 saturated heterocycles. The number of rotatable bonds is 8. The minimum absolute atomic E-state index is 0.186. The van der Waals surface area contributed by atoms with Gasteiger partial charge in [0.25, 0.3) is 5.91 Å². The second-order valence-corrected chi connectivity index (χ2v) is 7.18. The lowest BCUT2D eigenvalue weighted by molar-refractivity contribution is -0.123. The molecule has 1 aliphatic rings. The van der Waals surface area contributed by atoms with E-state index in [9.17, 15) is 9.18 Å². The standard InChI is InChI=1S/C22H21FN6O2/c23-15-7-13(9-18(10-15)31-12-21(30)28-16-1-2-16)22-26-6-5-20(29-22)27-17-3-4-19(25)14(8-17)11-24/h3-11,16,24H,1-2,12,25H2,(H,28,30)(H,26,27,29). The molecule has 5 N–H and O–H groups in total. The second kappa shape index (κ2) is 8.78. The molecule has 1 heterocycles. The normalized spacial score (nSPS) is 12.8. The number of halogens is 1. The number of hydrogen-bond donors (Lipinski definition) is 4. The highest BCUT2D eigenvalue weighted by Crippen LogP contribution is 2.25. The fourth-order valence-corrected chi connectivity index (χ4v) is 2.91. The van der Waals surface area contributed by atoms with Crippen molar-refractivity contribution in [3.8, 4) is 17.1 Å². The molecule has 1 saturated carbocycles. The minimum atomic E-state index is -0.522. The maximum absolute atomic E-state index is 14.1. The van der Waals surface area contributed by atoms with Gasteiger partial charge in [-0.25, -0.2) is 14.4 Å². The van der Waals surface area contributed by atoms with Gasteiger partial charge in [0.05, 0.1) is 0 Å². The van der Waals surface area contributed by atoms with Crippen LogP contribution in [0.25, 0.3) is 11.4 Å². The highest BCUT2D eigenvalue weighted by atomic mass is 19.1. The molecule has 3 aromatic rings. The number of carbonyl (C=O) groups is 1. The van der Waals surface area contributed by atoms with Gasteiger partial charge < -0.3 is 26.5 Å². The summed E-state index contributed by atoms with van der Waals surface area (Å²) < 4.78 is 19.6. The van der Waals surface area contributed by atoms with Gasteiger partial charge in [0.2, 0.25) is 0 Å². The molecule has 31 heavy (non-hydrogen) atoms. The molecule has 1 aromatic heterocycles. The lowest BCUT2D eigenvalue weighted by Gasteiger charge is -2.10. The first kappa shape index (κ1) is 20.3. The van der Waals surface area contributed by atoms with Gasteiger partial charge in [-0.2, -0.15) is 0 Å². The van der Waals surface area contributed by atoms with Crippen molar-refractivity contribution in [3.63, 3.8) is 0 Å². The lowest BCUT2D eigenvalue weighted by atomic mass is 10.1. The molecule has 0 unspecified atom stereocenters. The molecule has 0 atom stereocenters. The summed E-state index contributed by atoms with van der Waals surface area (Å²) in [4.78, 5) is 20.5. The Morgan fingerprint density at radius 2 is 2.10 bits per heavy atom. The van der Waals surface area contributed by atoms with E-state index in [2.05, 4.69) is 20.6 Å². The Morgan fingerprint density at radius 1 is 1.26 bits per heavy atom. The Hall–Kier alpha value is -4.01. The smallest absolute Gasteiger partial charge is 0.258 e. The first-order chi connectivity index (χ1) is 15.0. The SMILES string of the molecule is N=Cc1cc(Nc2ccnc(-c3cc(F)cc(OCC(=O)NC4CC4)c3)n2)ccc1N. The van der Waals surface area contributed by atoms with Crippen LogP contribution in [0, 0.1) is 11.2 Å². The number of carbonyl (C=O) groups excluding carboxylic acids is 1. The molecular weight excluding hydrogens is 399 g/mol. The third-order valence-electron chi connectivity index (χ3n) is 4.61. The van der Waals surface area contributed by atoms with Gasteiger partial charge in [-0.05, 0) is 49.2 Å². The molecule has 0 bridgehead atoms. The van der Waals surface area contributed by atoms with E-state index in [0.717, 1.165) is 12.8 Å². The van der Waals surface area contributed by atoms with Crippen LogP contribution in [-0.2, 0) is 4.79 Å². The fraction of sp³-hybridized carbons (Fsp3) is 0.182. The molecule has 2 aromatic carbocycles. The van der Waals surface area contributed by atoms with E-state index >= 15 is 0 Å². The molecular formula is C22H21FN6O2. The van der Waals surface area contributed by atoms with Crippen LogP contribution in [0.3, 0.4) is 0 Å². The first-order valence-corrected chi connectivity index (χ1v) is 9.73. The van der Waals surface area contributed by atoms with Crippen molar-refractivity contribution in [1.82, 2.24) is 15.3 Å². The summed E-state index contributed by atoms with van der Waals surface area (Å²) in [6.07, 6.45) is 4.69. The summed E-state index contributed by atoms with van der Waals surface area (Å²) in [6, 6.07) is 11.2. The van der Waals surface area contributed by atoms with Crippen molar-refractivity contribution >= 4 is 29.3 Å². The van der Waals surface area contributed by atoms with Crippen molar-refractivity contribution in [3.05, 3.63) is 60.0 Å². The van der Waals surface area contributed by atoms with E-state index < -0.39 is 5.82 Å². The first-order valence-electron chi connectivity index (χ1n) is 9.73. The van der Waals surface area contributed by atoms with Crippen LogP contribution >= 0.6 is 0 Å². The van der Waals surface area contributed by atoms with Crippen LogP contribution in [0.5, 0.6) is 5.75 Å². The number of aromatic nitrogens is 2. The molecule has 9 heteroatoms. The van der Waals surface area contributed by atoms with Gasteiger partial charge in [0, 0.05) is 47.0 Å². The van der Waals surface area contributed by atoms with Crippen molar-refractivity contribution in [2.24, 2.45) is 0 Å². The summed E-state index contributed by atoms with van der Waals surface area (Å²) in [5.74, 6) is 0.243. The molecule has 1 amide bonds. The van der Waals surface area contributed by atoms with E-state index in [4.69, 9.17) is 15.9 Å². The summed E-state index contributed by atoms with van der Waals surface area (Å²) >= 11 is 0. The van der Waals surface area contributed by atoms with Crippen LogP contribution in [0.2, 0.25) is 0 Å². The zero-order valence-electron chi connectivity index (χ0n) is 16.6. The third kappa shape index (κ3) is 5.33. The largest absolute Gasteiger partial charge is 0.484 e.